The molecule has 1 amide bonds. The number of nitrogens with one attached hydrogen (secondary N) is 2. The van der Waals surface area contributed by atoms with E-state index in [0.717, 1.165) is 17.8 Å². The first kappa shape index (κ1) is 22.9. The van der Waals surface area contributed by atoms with Crippen molar-refractivity contribution in [3.05, 3.63) is 77.1 Å². The lowest BCUT2D eigenvalue weighted by atomic mass is 9.95. The summed E-state index contributed by atoms with van der Waals surface area (Å²) >= 11 is 0. The number of rotatable bonds is 5. The second-order valence-electron chi connectivity index (χ2n) is 6.57. The number of para-hydroxylation sites is 1. The highest BCUT2D eigenvalue weighted by atomic mass is 35.5. The van der Waals surface area contributed by atoms with Crippen LogP contribution in [-0.2, 0) is 16.1 Å². The second-order valence-corrected chi connectivity index (χ2v) is 6.57. The van der Waals surface area contributed by atoms with Crippen LogP contribution in [-0.4, -0.2) is 41.8 Å². The van der Waals surface area contributed by atoms with Gasteiger partial charge in [0.25, 0.3) is 5.91 Å². The summed E-state index contributed by atoms with van der Waals surface area (Å²) in [5.41, 5.74) is 9.78. The molecule has 0 bridgehead atoms. The third-order valence-corrected chi connectivity index (χ3v) is 4.49. The maximum Gasteiger partial charge on any atom is 0.317 e. The van der Waals surface area contributed by atoms with Crippen LogP contribution in [0, 0.1) is 0 Å². The maximum atomic E-state index is 11.8. The number of hydrogen-bond donors (Lipinski definition) is 4. The van der Waals surface area contributed by atoms with E-state index in [1.54, 1.807) is 13.4 Å². The lowest BCUT2D eigenvalue weighted by Gasteiger charge is -2.31. The van der Waals surface area contributed by atoms with Crippen molar-refractivity contribution >= 4 is 36.3 Å². The molecule has 0 aromatic heterocycles. The molecule has 1 unspecified atom stereocenters. The fraction of sp³-hybridized carbons (Fsp3) is 0.190. The van der Waals surface area contributed by atoms with Gasteiger partial charge < -0.3 is 26.4 Å². The molecule has 2 aliphatic rings. The standard InChI is InChI=1S/C18H16N4O.C3H7NO2.ClH/c19-18(23)16-15-17(13-8-4-5-9-14(13)21-16)22(11-20-15)10-12-6-2-1-3-7-12;1-4-2-3(5)6;/h1-9,11,17,21H,10H2,(H2,19,23);4H,2H2,1H3,(H,5,6);1H. The van der Waals surface area contributed by atoms with E-state index in [9.17, 15) is 9.59 Å². The van der Waals surface area contributed by atoms with E-state index in [0.29, 0.717) is 11.4 Å². The summed E-state index contributed by atoms with van der Waals surface area (Å²) in [6.07, 6.45) is 1.79. The zero-order valence-electron chi connectivity index (χ0n) is 16.4. The van der Waals surface area contributed by atoms with Crippen LogP contribution in [0.25, 0.3) is 0 Å². The van der Waals surface area contributed by atoms with Gasteiger partial charge in [-0.05, 0) is 18.7 Å². The van der Waals surface area contributed by atoms with Gasteiger partial charge in [-0.1, -0.05) is 48.5 Å². The van der Waals surface area contributed by atoms with Gasteiger partial charge in [0.15, 0.2) is 0 Å². The number of aliphatic imine (C=N–C) groups is 1. The number of anilines is 1. The van der Waals surface area contributed by atoms with E-state index >= 15 is 0 Å². The van der Waals surface area contributed by atoms with Crippen LogP contribution in [0.5, 0.6) is 0 Å². The first-order valence-corrected chi connectivity index (χ1v) is 9.11. The summed E-state index contributed by atoms with van der Waals surface area (Å²) in [6, 6.07) is 18.0. The highest BCUT2D eigenvalue weighted by molar-refractivity contribution is 5.98. The summed E-state index contributed by atoms with van der Waals surface area (Å²) < 4.78 is 0. The Kier molecular flexibility index (Phi) is 7.97. The Hall–Kier alpha value is -3.36. The molecule has 9 heteroatoms. The highest BCUT2D eigenvalue weighted by Gasteiger charge is 2.36. The number of primary amides is 1. The Morgan fingerprint density at radius 2 is 1.83 bits per heavy atom. The maximum absolute atomic E-state index is 11.8. The fourth-order valence-electron chi connectivity index (χ4n) is 3.27. The van der Waals surface area contributed by atoms with Crippen LogP contribution >= 0.6 is 12.4 Å². The number of carboxylic acids is 1. The number of aliphatic carboxylic acids is 1. The first-order chi connectivity index (χ1) is 14.0. The predicted molar refractivity (Wildman–Crippen MR) is 118 cm³/mol. The van der Waals surface area contributed by atoms with Crippen LogP contribution in [0.4, 0.5) is 5.69 Å². The van der Waals surface area contributed by atoms with Gasteiger partial charge >= 0.3 is 5.97 Å². The lowest BCUT2D eigenvalue weighted by Crippen LogP contribution is -2.31. The molecule has 0 saturated heterocycles. The van der Waals surface area contributed by atoms with Crippen molar-refractivity contribution in [2.45, 2.75) is 12.6 Å². The number of carbonyl (C=O) groups excluding carboxylic acids is 1. The number of amides is 1. The first-order valence-electron chi connectivity index (χ1n) is 9.11. The van der Waals surface area contributed by atoms with Crippen molar-refractivity contribution in [2.75, 3.05) is 18.9 Å². The molecule has 0 radical (unpaired) electrons. The molecular formula is C21H24ClN5O3. The molecule has 2 heterocycles. The Balaban J connectivity index is 0.000000405. The van der Waals surface area contributed by atoms with E-state index in [1.165, 1.54) is 5.56 Å². The largest absolute Gasteiger partial charge is 0.480 e. The Morgan fingerprint density at radius 1 is 1.17 bits per heavy atom. The normalized spacial score (nSPS) is 15.8. The Morgan fingerprint density at radius 3 is 2.43 bits per heavy atom. The molecule has 0 saturated carbocycles. The predicted octanol–water partition coefficient (Wildman–Crippen LogP) is 2.11. The van der Waals surface area contributed by atoms with Gasteiger partial charge in [0, 0.05) is 17.8 Å². The molecule has 0 spiro atoms. The molecule has 5 N–H and O–H groups in total. The molecule has 4 rings (SSSR count). The monoisotopic (exact) mass is 429 g/mol. The molecular weight excluding hydrogens is 406 g/mol. The fourth-order valence-corrected chi connectivity index (χ4v) is 3.27. The Bertz CT molecular complexity index is 962. The SMILES string of the molecule is CNCC(=O)O.Cl.NC(=O)C1=C2N=CN(Cc3ccccc3)C2c2ccccc2N1. The molecule has 0 aliphatic carbocycles. The van der Waals surface area contributed by atoms with E-state index in [1.807, 2.05) is 36.4 Å². The van der Waals surface area contributed by atoms with E-state index in [-0.39, 0.29) is 25.0 Å². The average Bonchev–Trinajstić information content (AvgIpc) is 3.12. The minimum absolute atomic E-state index is 0. The van der Waals surface area contributed by atoms with Crippen molar-refractivity contribution in [1.29, 1.82) is 0 Å². The molecule has 2 aliphatic heterocycles. The quantitative estimate of drug-likeness (QED) is 0.577. The number of likely N-dealkylation sites (N-methyl/N-ethyl adjacent to an activating group) is 1. The molecule has 0 fully saturated rings. The lowest BCUT2D eigenvalue weighted by molar-refractivity contribution is -0.135. The smallest absolute Gasteiger partial charge is 0.317 e. The zero-order chi connectivity index (χ0) is 20.8. The highest BCUT2D eigenvalue weighted by Crippen LogP contribution is 2.42. The molecule has 30 heavy (non-hydrogen) atoms. The van der Waals surface area contributed by atoms with Crippen LogP contribution in [0.15, 0.2) is 71.0 Å². The van der Waals surface area contributed by atoms with E-state index in [2.05, 4.69) is 38.7 Å². The van der Waals surface area contributed by atoms with Crippen molar-refractivity contribution < 1.29 is 14.7 Å². The number of carbonyl (C=O) groups is 2. The van der Waals surface area contributed by atoms with Gasteiger partial charge in [-0.2, -0.15) is 0 Å². The number of fused-ring (bicyclic) bond motifs is 3. The van der Waals surface area contributed by atoms with Gasteiger partial charge in [0.05, 0.1) is 18.6 Å². The number of benzene rings is 2. The number of hydrogen-bond acceptors (Lipinski definition) is 6. The topological polar surface area (TPSA) is 120 Å². The van der Waals surface area contributed by atoms with Gasteiger partial charge in [0.2, 0.25) is 0 Å². The van der Waals surface area contributed by atoms with Crippen molar-refractivity contribution in [3.63, 3.8) is 0 Å². The number of halogens is 1. The second kappa shape index (κ2) is 10.4. The molecule has 158 valence electrons. The van der Waals surface area contributed by atoms with E-state index < -0.39 is 11.9 Å². The van der Waals surface area contributed by atoms with Crippen molar-refractivity contribution in [2.24, 2.45) is 10.7 Å². The molecule has 2 aromatic rings. The summed E-state index contributed by atoms with van der Waals surface area (Å²) in [4.78, 5) is 27.9. The Labute approximate surface area is 180 Å². The zero-order valence-corrected chi connectivity index (χ0v) is 17.2. The van der Waals surface area contributed by atoms with Gasteiger partial charge in [-0.3, -0.25) is 9.59 Å². The van der Waals surface area contributed by atoms with E-state index in [4.69, 9.17) is 10.8 Å². The third kappa shape index (κ3) is 5.16. The van der Waals surface area contributed by atoms with Crippen molar-refractivity contribution in [3.8, 4) is 0 Å². The summed E-state index contributed by atoms with van der Waals surface area (Å²) in [5, 5.41) is 13.4. The van der Waals surface area contributed by atoms with Crippen molar-refractivity contribution in [1.82, 2.24) is 10.2 Å². The third-order valence-electron chi connectivity index (χ3n) is 4.49. The summed E-state index contributed by atoms with van der Waals surface area (Å²) in [5.74, 6) is -1.31. The minimum Gasteiger partial charge on any atom is -0.480 e. The molecule has 1 atom stereocenters. The van der Waals surface area contributed by atoms with Gasteiger partial charge in [-0.15, -0.1) is 12.4 Å². The number of carboxylic acid groups (broad SMARTS) is 1. The van der Waals surface area contributed by atoms with Crippen LogP contribution in [0.2, 0.25) is 0 Å². The van der Waals surface area contributed by atoms with Gasteiger partial charge in [-0.25, -0.2) is 4.99 Å². The van der Waals surface area contributed by atoms with Crippen LogP contribution < -0.4 is 16.4 Å². The number of nitrogens with two attached hydrogens (primary N) is 1. The van der Waals surface area contributed by atoms with Gasteiger partial charge in [0.1, 0.15) is 11.7 Å². The molecule has 2 aromatic carbocycles. The average molecular weight is 430 g/mol. The van der Waals surface area contributed by atoms with Crippen LogP contribution in [0.3, 0.4) is 0 Å². The number of nitrogens with zero attached hydrogens (tertiary/aromatic N) is 2. The summed E-state index contributed by atoms with van der Waals surface area (Å²) in [7, 11) is 1.59. The molecule has 8 nitrogen and oxygen atoms in total. The summed E-state index contributed by atoms with van der Waals surface area (Å²) in [6.45, 7) is 0.763. The van der Waals surface area contributed by atoms with Crippen LogP contribution in [0.1, 0.15) is 17.2 Å². The minimum atomic E-state index is -0.822.